The first-order valence-corrected chi connectivity index (χ1v) is 5.82. The molecule has 0 spiro atoms. The number of nitrogens with zero attached hydrogens (tertiary/aromatic N) is 2. The van der Waals surface area contributed by atoms with E-state index < -0.39 is 0 Å². The van der Waals surface area contributed by atoms with Gasteiger partial charge in [0.2, 0.25) is 0 Å². The van der Waals surface area contributed by atoms with Crippen molar-refractivity contribution in [3.63, 3.8) is 0 Å². The number of rotatable bonds is 1. The molecule has 2 unspecified atom stereocenters. The minimum Gasteiger partial charge on any atom is -0.369 e. The molecule has 17 heavy (non-hydrogen) atoms. The lowest BCUT2D eigenvalue weighted by Gasteiger charge is -2.36. The van der Waals surface area contributed by atoms with E-state index in [0.29, 0.717) is 6.04 Å². The van der Waals surface area contributed by atoms with Crippen LogP contribution in [0.15, 0.2) is 24.5 Å². The molecule has 2 fully saturated rings. The highest BCUT2D eigenvalue weighted by Gasteiger charge is 2.32. The number of pyridine rings is 1. The molecule has 0 aromatic carbocycles. The van der Waals surface area contributed by atoms with Crippen LogP contribution in [0.25, 0.3) is 0 Å². The normalized spacial score (nSPS) is 26.7. The van der Waals surface area contributed by atoms with Crippen LogP contribution in [-0.2, 0) is 0 Å². The van der Waals surface area contributed by atoms with E-state index in [-0.39, 0.29) is 24.8 Å². The third kappa shape index (κ3) is 3.03. The van der Waals surface area contributed by atoms with Gasteiger partial charge in [0.1, 0.15) is 0 Å². The molecule has 3 rings (SSSR count). The van der Waals surface area contributed by atoms with Gasteiger partial charge in [-0.1, -0.05) is 0 Å². The number of hydrogen-bond donors (Lipinski definition) is 1. The molecule has 2 aliphatic heterocycles. The van der Waals surface area contributed by atoms with Gasteiger partial charge in [-0.2, -0.15) is 0 Å². The summed E-state index contributed by atoms with van der Waals surface area (Å²) in [6.07, 6.45) is 6.50. The van der Waals surface area contributed by atoms with Crippen molar-refractivity contribution in [3.05, 3.63) is 24.5 Å². The highest BCUT2D eigenvalue weighted by molar-refractivity contribution is 5.85. The first-order chi connectivity index (χ1) is 7.43. The number of aromatic nitrogens is 1. The van der Waals surface area contributed by atoms with Gasteiger partial charge in [-0.15, -0.1) is 24.8 Å². The number of hydrogen-bond acceptors (Lipinski definition) is 3. The molecule has 2 atom stereocenters. The van der Waals surface area contributed by atoms with Gasteiger partial charge < -0.3 is 10.2 Å². The third-order valence-electron chi connectivity index (χ3n) is 3.69. The molecule has 0 amide bonds. The molecular weight excluding hydrogens is 257 g/mol. The molecule has 0 bridgehead atoms. The Morgan fingerprint density at radius 3 is 2.94 bits per heavy atom. The van der Waals surface area contributed by atoms with Gasteiger partial charge >= 0.3 is 0 Å². The third-order valence-corrected chi connectivity index (χ3v) is 3.69. The maximum Gasteiger partial charge on any atom is 0.0553 e. The fourth-order valence-electron chi connectivity index (χ4n) is 2.81. The summed E-state index contributed by atoms with van der Waals surface area (Å²) in [6.45, 7) is 3.54. The number of halogens is 2. The SMILES string of the molecule is Cl.Cl.c1cncc(N2CCC3CCNC3C2)c1. The summed E-state index contributed by atoms with van der Waals surface area (Å²) < 4.78 is 0. The maximum absolute atomic E-state index is 4.18. The minimum atomic E-state index is 0. The van der Waals surface area contributed by atoms with Crippen molar-refractivity contribution < 1.29 is 0 Å². The minimum absolute atomic E-state index is 0. The summed E-state index contributed by atoms with van der Waals surface area (Å²) in [5.41, 5.74) is 1.27. The summed E-state index contributed by atoms with van der Waals surface area (Å²) in [5, 5.41) is 3.60. The van der Waals surface area contributed by atoms with Crippen LogP contribution in [0.3, 0.4) is 0 Å². The fourth-order valence-corrected chi connectivity index (χ4v) is 2.81. The molecule has 3 nitrogen and oxygen atoms in total. The molecule has 1 aromatic heterocycles. The standard InChI is InChI=1S/C12H17N3.2ClH/c1-2-11(8-13-5-1)15-7-4-10-3-6-14-12(10)9-15;;/h1-2,5,8,10,12,14H,3-4,6-7,9H2;2*1H. The Labute approximate surface area is 115 Å². The molecular formula is C12H19Cl2N3. The van der Waals surface area contributed by atoms with Gasteiger partial charge in [-0.05, 0) is 37.4 Å². The van der Waals surface area contributed by atoms with Crippen molar-refractivity contribution in [2.24, 2.45) is 5.92 Å². The van der Waals surface area contributed by atoms with Crippen LogP contribution >= 0.6 is 24.8 Å². The van der Waals surface area contributed by atoms with Crippen molar-refractivity contribution in [3.8, 4) is 0 Å². The molecule has 1 N–H and O–H groups in total. The molecule has 96 valence electrons. The van der Waals surface area contributed by atoms with Crippen molar-refractivity contribution in [2.45, 2.75) is 18.9 Å². The Kier molecular flexibility index (Phi) is 5.50. The summed E-state index contributed by atoms with van der Waals surface area (Å²) in [5.74, 6) is 0.915. The average molecular weight is 276 g/mol. The lowest BCUT2D eigenvalue weighted by Crippen LogP contribution is -2.46. The predicted octanol–water partition coefficient (Wildman–Crippen LogP) is 2.11. The quantitative estimate of drug-likeness (QED) is 0.851. The second-order valence-electron chi connectivity index (χ2n) is 4.56. The first-order valence-electron chi connectivity index (χ1n) is 5.82. The fraction of sp³-hybridized carbons (Fsp3) is 0.583. The molecule has 0 aliphatic carbocycles. The van der Waals surface area contributed by atoms with Crippen LogP contribution in [0.2, 0.25) is 0 Å². The van der Waals surface area contributed by atoms with Crippen molar-refractivity contribution in [2.75, 3.05) is 24.5 Å². The highest BCUT2D eigenvalue weighted by atomic mass is 35.5. The number of piperidine rings is 1. The Balaban J connectivity index is 0.000000722. The van der Waals surface area contributed by atoms with Crippen molar-refractivity contribution >= 4 is 30.5 Å². The lowest BCUT2D eigenvalue weighted by molar-refractivity contribution is 0.373. The van der Waals surface area contributed by atoms with E-state index >= 15 is 0 Å². The van der Waals surface area contributed by atoms with Crippen LogP contribution in [0.1, 0.15) is 12.8 Å². The molecule has 0 radical (unpaired) electrons. The summed E-state index contributed by atoms with van der Waals surface area (Å²) in [4.78, 5) is 6.63. The number of anilines is 1. The Bertz CT molecular complexity index is 334. The van der Waals surface area contributed by atoms with Crippen LogP contribution in [0.5, 0.6) is 0 Å². The number of fused-ring (bicyclic) bond motifs is 1. The Morgan fingerprint density at radius 2 is 2.18 bits per heavy atom. The second-order valence-corrected chi connectivity index (χ2v) is 4.56. The van der Waals surface area contributed by atoms with Gasteiger partial charge in [0.15, 0.2) is 0 Å². The molecule has 0 saturated carbocycles. The van der Waals surface area contributed by atoms with Gasteiger partial charge in [0.05, 0.1) is 11.9 Å². The van der Waals surface area contributed by atoms with E-state index in [2.05, 4.69) is 21.3 Å². The first kappa shape index (κ1) is 14.6. The Hall–Kier alpha value is -0.510. The molecule has 2 saturated heterocycles. The van der Waals surface area contributed by atoms with Crippen LogP contribution in [-0.4, -0.2) is 30.7 Å². The van der Waals surface area contributed by atoms with E-state index in [1.54, 1.807) is 0 Å². The van der Waals surface area contributed by atoms with Gasteiger partial charge in [-0.25, -0.2) is 0 Å². The molecule has 1 aromatic rings. The zero-order chi connectivity index (χ0) is 10.1. The summed E-state index contributed by atoms with van der Waals surface area (Å²) in [6, 6.07) is 4.88. The van der Waals surface area contributed by atoms with E-state index in [4.69, 9.17) is 0 Å². The zero-order valence-corrected chi connectivity index (χ0v) is 11.3. The summed E-state index contributed by atoms with van der Waals surface area (Å²) >= 11 is 0. The van der Waals surface area contributed by atoms with Crippen molar-refractivity contribution in [1.29, 1.82) is 0 Å². The zero-order valence-electron chi connectivity index (χ0n) is 9.71. The topological polar surface area (TPSA) is 28.2 Å². The van der Waals surface area contributed by atoms with Crippen LogP contribution in [0.4, 0.5) is 5.69 Å². The van der Waals surface area contributed by atoms with Gasteiger partial charge in [0.25, 0.3) is 0 Å². The van der Waals surface area contributed by atoms with Gasteiger partial charge in [0, 0.05) is 25.3 Å². The molecule has 5 heteroatoms. The van der Waals surface area contributed by atoms with E-state index in [1.807, 2.05) is 18.5 Å². The Morgan fingerprint density at radius 1 is 1.29 bits per heavy atom. The highest BCUT2D eigenvalue weighted by Crippen LogP contribution is 2.27. The monoisotopic (exact) mass is 275 g/mol. The maximum atomic E-state index is 4.18. The van der Waals surface area contributed by atoms with Gasteiger partial charge in [-0.3, -0.25) is 4.98 Å². The molecule has 2 aliphatic rings. The lowest BCUT2D eigenvalue weighted by atomic mass is 9.92. The molecule has 3 heterocycles. The van der Waals surface area contributed by atoms with Crippen LogP contribution < -0.4 is 10.2 Å². The number of nitrogens with one attached hydrogen (secondary N) is 1. The average Bonchev–Trinajstić information content (AvgIpc) is 2.77. The smallest absolute Gasteiger partial charge is 0.0553 e. The van der Waals surface area contributed by atoms with E-state index in [1.165, 1.54) is 31.6 Å². The van der Waals surface area contributed by atoms with Crippen molar-refractivity contribution in [1.82, 2.24) is 10.3 Å². The second kappa shape index (κ2) is 6.43. The van der Waals surface area contributed by atoms with Crippen LogP contribution in [0, 0.1) is 5.92 Å². The largest absolute Gasteiger partial charge is 0.369 e. The van der Waals surface area contributed by atoms with E-state index in [9.17, 15) is 0 Å². The van der Waals surface area contributed by atoms with E-state index in [0.717, 1.165) is 12.5 Å². The predicted molar refractivity (Wildman–Crippen MR) is 75.5 cm³/mol. The summed E-state index contributed by atoms with van der Waals surface area (Å²) in [7, 11) is 0.